The van der Waals surface area contributed by atoms with E-state index >= 15 is 0 Å². The average Bonchev–Trinajstić information content (AvgIpc) is 2.06. The lowest BCUT2D eigenvalue weighted by Gasteiger charge is -2.02. The quantitative estimate of drug-likeness (QED) is 0.497. The maximum Gasteiger partial charge on any atom is 0.292 e. The highest BCUT2D eigenvalue weighted by atomic mass is 31.0. The molecule has 0 aliphatic heterocycles. The average molecular weight is 167 g/mol. The van der Waals surface area contributed by atoms with E-state index in [9.17, 15) is 0 Å². The van der Waals surface area contributed by atoms with Crippen molar-refractivity contribution in [1.29, 1.82) is 5.26 Å². The Bertz CT molecular complexity index is 282. The molecular weight excluding hydrogens is 161 g/mol. The third-order valence-corrected chi connectivity index (χ3v) is 1.39. The number of benzene rings is 1. The van der Waals surface area contributed by atoms with E-state index in [-0.39, 0.29) is 0 Å². The molecule has 1 aromatic rings. The molecule has 0 heterocycles. The first-order chi connectivity index (χ1) is 5.38. The summed E-state index contributed by atoms with van der Waals surface area (Å²) in [4.78, 5) is 0. The predicted molar refractivity (Wildman–Crippen MR) is 43.0 cm³/mol. The van der Waals surface area contributed by atoms with Gasteiger partial charge in [0.25, 0.3) is 6.26 Å². The molecule has 3 nitrogen and oxygen atoms in total. The fourth-order valence-electron chi connectivity index (χ4n) is 0.681. The van der Waals surface area contributed by atoms with Crippen molar-refractivity contribution in [2.45, 2.75) is 0 Å². The number of hydrogen-bond acceptors (Lipinski definition) is 3. The SMILES string of the molecule is N#COc1ccccc1OP. The smallest absolute Gasteiger partial charge is 0.292 e. The third kappa shape index (κ3) is 1.83. The van der Waals surface area contributed by atoms with Crippen molar-refractivity contribution < 1.29 is 9.26 Å². The Balaban J connectivity index is 2.94. The van der Waals surface area contributed by atoms with E-state index in [1.54, 1.807) is 30.5 Å². The summed E-state index contributed by atoms with van der Waals surface area (Å²) < 4.78 is 9.43. The first-order valence-electron chi connectivity index (χ1n) is 2.90. The topological polar surface area (TPSA) is 42.2 Å². The number of rotatable bonds is 2. The van der Waals surface area contributed by atoms with Gasteiger partial charge in [-0.15, -0.1) is 5.26 Å². The molecule has 0 aliphatic carbocycles. The largest absolute Gasteiger partial charge is 0.476 e. The molecule has 1 rings (SSSR count). The zero-order valence-electron chi connectivity index (χ0n) is 5.65. The van der Waals surface area contributed by atoms with Crippen molar-refractivity contribution >= 4 is 9.47 Å². The highest BCUT2D eigenvalue weighted by Crippen LogP contribution is 2.27. The summed E-state index contributed by atoms with van der Waals surface area (Å²) >= 11 is 0. The molecule has 0 aromatic heterocycles. The molecule has 0 amide bonds. The van der Waals surface area contributed by atoms with Crippen LogP contribution in [0.4, 0.5) is 0 Å². The van der Waals surface area contributed by atoms with Crippen LogP contribution >= 0.6 is 9.47 Å². The second-order valence-corrected chi connectivity index (χ2v) is 1.99. The minimum absolute atomic E-state index is 0.421. The lowest BCUT2D eigenvalue weighted by atomic mass is 10.3. The van der Waals surface area contributed by atoms with Gasteiger partial charge < -0.3 is 9.26 Å². The van der Waals surface area contributed by atoms with Crippen LogP contribution in [0.5, 0.6) is 11.5 Å². The Morgan fingerprint density at radius 2 is 1.91 bits per heavy atom. The molecule has 0 spiro atoms. The van der Waals surface area contributed by atoms with Gasteiger partial charge in [-0.2, -0.15) is 0 Å². The first-order valence-corrected chi connectivity index (χ1v) is 3.37. The first kappa shape index (κ1) is 7.84. The minimum atomic E-state index is 0.421. The molecule has 11 heavy (non-hydrogen) atoms. The van der Waals surface area contributed by atoms with Crippen molar-refractivity contribution in [3.63, 3.8) is 0 Å². The van der Waals surface area contributed by atoms with Gasteiger partial charge in [-0.05, 0) is 12.1 Å². The highest BCUT2D eigenvalue weighted by Gasteiger charge is 2.00. The monoisotopic (exact) mass is 167 g/mol. The van der Waals surface area contributed by atoms with Gasteiger partial charge >= 0.3 is 0 Å². The normalized spacial score (nSPS) is 8.36. The summed E-state index contributed by atoms with van der Waals surface area (Å²) in [5.74, 6) is 0.948. The van der Waals surface area contributed by atoms with E-state index in [2.05, 4.69) is 14.2 Å². The van der Waals surface area contributed by atoms with Crippen molar-refractivity contribution in [3.8, 4) is 17.8 Å². The molecule has 0 bridgehead atoms. The molecule has 0 N–H and O–H groups in total. The van der Waals surface area contributed by atoms with Gasteiger partial charge in [0.15, 0.2) is 11.5 Å². The summed E-state index contributed by atoms with van der Waals surface area (Å²) in [6.07, 6.45) is 1.57. The Labute approximate surface area is 66.8 Å². The van der Waals surface area contributed by atoms with Crippen molar-refractivity contribution in [2.24, 2.45) is 0 Å². The van der Waals surface area contributed by atoms with Crippen LogP contribution in [0.15, 0.2) is 24.3 Å². The molecule has 0 radical (unpaired) electrons. The van der Waals surface area contributed by atoms with Crippen molar-refractivity contribution in [1.82, 2.24) is 0 Å². The molecule has 4 heteroatoms. The van der Waals surface area contributed by atoms with E-state index in [0.717, 1.165) is 0 Å². The van der Waals surface area contributed by atoms with Crippen molar-refractivity contribution in [2.75, 3.05) is 0 Å². The number of nitriles is 1. The number of nitrogens with zero attached hydrogens (tertiary/aromatic N) is 1. The Morgan fingerprint density at radius 3 is 2.45 bits per heavy atom. The molecule has 1 unspecified atom stereocenters. The number of hydrogen-bond donors (Lipinski definition) is 0. The van der Waals surface area contributed by atoms with Crippen LogP contribution in [0.25, 0.3) is 0 Å². The van der Waals surface area contributed by atoms with Gasteiger partial charge in [-0.1, -0.05) is 12.1 Å². The Kier molecular flexibility index (Phi) is 2.71. The van der Waals surface area contributed by atoms with E-state index in [0.29, 0.717) is 11.5 Å². The maximum atomic E-state index is 8.21. The van der Waals surface area contributed by atoms with Crippen molar-refractivity contribution in [3.05, 3.63) is 24.3 Å². The molecule has 0 saturated carbocycles. The highest BCUT2D eigenvalue weighted by molar-refractivity contribution is 7.10. The second kappa shape index (κ2) is 3.80. The van der Waals surface area contributed by atoms with E-state index in [4.69, 9.17) is 9.79 Å². The zero-order chi connectivity index (χ0) is 8.10. The lowest BCUT2D eigenvalue weighted by Crippen LogP contribution is -1.84. The summed E-state index contributed by atoms with van der Waals surface area (Å²) in [6, 6.07) is 6.92. The maximum absolute atomic E-state index is 8.21. The molecule has 0 aliphatic rings. The van der Waals surface area contributed by atoms with Crippen LogP contribution < -0.4 is 9.26 Å². The van der Waals surface area contributed by atoms with Gasteiger partial charge in [0.1, 0.15) is 0 Å². The standard InChI is InChI=1S/C7H6NO2P/c8-5-9-6-3-1-2-4-7(6)10-11/h1-4H,11H2. The number of ether oxygens (including phenoxy) is 1. The van der Waals surface area contributed by atoms with Gasteiger partial charge in [0, 0.05) is 0 Å². The lowest BCUT2D eigenvalue weighted by molar-refractivity contribution is 0.479. The molecule has 0 fully saturated rings. The summed E-state index contributed by atoms with van der Waals surface area (Å²) in [7, 11) is 2.09. The van der Waals surface area contributed by atoms with Gasteiger partial charge in [0.05, 0.1) is 9.47 Å². The van der Waals surface area contributed by atoms with E-state index in [1.165, 1.54) is 0 Å². The van der Waals surface area contributed by atoms with Crippen LogP contribution in [-0.4, -0.2) is 0 Å². The summed E-state index contributed by atoms with van der Waals surface area (Å²) in [6.45, 7) is 0. The molecular formula is C7H6NO2P. The fraction of sp³-hybridized carbons (Fsp3) is 0. The van der Waals surface area contributed by atoms with E-state index < -0.39 is 0 Å². The van der Waals surface area contributed by atoms with Crippen LogP contribution in [0, 0.1) is 11.5 Å². The minimum Gasteiger partial charge on any atom is -0.476 e. The Morgan fingerprint density at radius 1 is 1.27 bits per heavy atom. The van der Waals surface area contributed by atoms with Gasteiger partial charge in [0.2, 0.25) is 0 Å². The Hall–Kier alpha value is -1.26. The third-order valence-electron chi connectivity index (χ3n) is 1.13. The van der Waals surface area contributed by atoms with Gasteiger partial charge in [-0.25, -0.2) is 0 Å². The van der Waals surface area contributed by atoms with Crippen LogP contribution in [0.2, 0.25) is 0 Å². The predicted octanol–water partition coefficient (Wildman–Crippen LogP) is 1.72. The molecule has 56 valence electrons. The van der Waals surface area contributed by atoms with Crippen LogP contribution in [0.3, 0.4) is 0 Å². The molecule has 1 aromatic carbocycles. The summed E-state index contributed by atoms with van der Waals surface area (Å²) in [5, 5.41) is 8.21. The molecule has 1 atom stereocenters. The fourth-order valence-corrected chi connectivity index (χ4v) is 0.876. The number of para-hydroxylation sites is 2. The second-order valence-electron chi connectivity index (χ2n) is 1.76. The van der Waals surface area contributed by atoms with Crippen LogP contribution in [0.1, 0.15) is 0 Å². The summed E-state index contributed by atoms with van der Waals surface area (Å²) in [5.41, 5.74) is 0. The van der Waals surface area contributed by atoms with Crippen LogP contribution in [-0.2, 0) is 0 Å². The van der Waals surface area contributed by atoms with E-state index in [1.807, 2.05) is 0 Å². The zero-order valence-corrected chi connectivity index (χ0v) is 6.81. The van der Waals surface area contributed by atoms with Gasteiger partial charge in [-0.3, -0.25) is 0 Å². The molecule has 0 saturated heterocycles.